The number of hydrogen-bond acceptors (Lipinski definition) is 6. The summed E-state index contributed by atoms with van der Waals surface area (Å²) in [7, 11) is 0. The second-order valence-corrected chi connectivity index (χ2v) is 9.26. The number of cyclic esters (lactones) is 1. The van der Waals surface area contributed by atoms with Gasteiger partial charge in [0.15, 0.2) is 0 Å². The van der Waals surface area contributed by atoms with Crippen molar-refractivity contribution in [1.82, 2.24) is 10.2 Å². The largest absolute Gasteiger partial charge is 0.508 e. The van der Waals surface area contributed by atoms with Crippen LogP contribution in [0.3, 0.4) is 0 Å². The van der Waals surface area contributed by atoms with Crippen molar-refractivity contribution >= 4 is 29.3 Å². The number of hydrogen-bond donors (Lipinski definition) is 2. The summed E-state index contributed by atoms with van der Waals surface area (Å²) in [5, 5.41) is 12.1. The summed E-state index contributed by atoms with van der Waals surface area (Å²) < 4.78 is 20.3. The number of unbranched alkanes of at least 4 members (excludes halogenated alkanes) is 1. The Bertz CT molecular complexity index is 1250. The van der Waals surface area contributed by atoms with Crippen molar-refractivity contribution < 1.29 is 28.6 Å². The number of anilines is 2. The van der Waals surface area contributed by atoms with E-state index < -0.39 is 18.0 Å². The maximum Gasteiger partial charge on any atom is 0.414 e. The molecule has 2 aliphatic rings. The quantitative estimate of drug-likeness (QED) is 0.428. The summed E-state index contributed by atoms with van der Waals surface area (Å²) in [6.07, 6.45) is 0.547. The zero-order valence-corrected chi connectivity index (χ0v) is 21.3. The van der Waals surface area contributed by atoms with Crippen LogP contribution in [-0.4, -0.2) is 73.3 Å². The van der Waals surface area contributed by atoms with Crippen LogP contribution in [0.5, 0.6) is 5.75 Å². The molecule has 0 aromatic heterocycles. The van der Waals surface area contributed by atoms with E-state index in [9.17, 15) is 19.5 Å². The lowest BCUT2D eigenvalue weighted by atomic mass is 10.1. The zero-order chi connectivity index (χ0) is 27.1. The van der Waals surface area contributed by atoms with Crippen molar-refractivity contribution in [1.29, 1.82) is 0 Å². The lowest BCUT2D eigenvalue weighted by Gasteiger charge is -2.36. The van der Waals surface area contributed by atoms with Crippen LogP contribution < -0.4 is 15.1 Å². The summed E-state index contributed by atoms with van der Waals surface area (Å²) in [6.45, 7) is 3.81. The van der Waals surface area contributed by atoms with Crippen molar-refractivity contribution in [3.8, 4) is 17.6 Å². The highest BCUT2D eigenvalue weighted by atomic mass is 19.1. The van der Waals surface area contributed by atoms with Gasteiger partial charge in [0.05, 0.1) is 24.5 Å². The molecule has 2 saturated heterocycles. The Morgan fingerprint density at radius 2 is 1.95 bits per heavy atom. The number of nitrogens with one attached hydrogen (secondary N) is 1. The number of halogens is 1. The number of aromatic hydroxyl groups is 1. The predicted molar refractivity (Wildman–Crippen MR) is 140 cm³/mol. The molecule has 0 radical (unpaired) electrons. The minimum atomic E-state index is -0.579. The van der Waals surface area contributed by atoms with Crippen LogP contribution in [-0.2, 0) is 14.3 Å². The molecular formula is C28H31FN4O5. The molecule has 38 heavy (non-hydrogen) atoms. The number of ether oxygens (including phenoxy) is 1. The van der Waals surface area contributed by atoms with Crippen molar-refractivity contribution in [2.45, 2.75) is 32.3 Å². The Morgan fingerprint density at radius 1 is 1.16 bits per heavy atom. The molecule has 0 spiro atoms. The number of carbonyl (C=O) groups excluding carboxylic acids is 3. The second-order valence-electron chi connectivity index (χ2n) is 9.26. The minimum absolute atomic E-state index is 0.0565. The molecule has 2 aromatic carbocycles. The summed E-state index contributed by atoms with van der Waals surface area (Å²) in [5.41, 5.74) is 1.55. The van der Waals surface area contributed by atoms with E-state index in [1.54, 1.807) is 35.2 Å². The second kappa shape index (κ2) is 12.3. The smallest absolute Gasteiger partial charge is 0.414 e. The Kier molecular flexibility index (Phi) is 8.69. The molecule has 9 nitrogen and oxygen atoms in total. The molecule has 0 unspecified atom stereocenters. The number of phenols is 1. The number of nitrogens with zero attached hydrogens (tertiary/aromatic N) is 3. The highest BCUT2D eigenvalue weighted by molar-refractivity contribution is 5.90. The van der Waals surface area contributed by atoms with Gasteiger partial charge in [-0.2, -0.15) is 0 Å². The molecular weight excluding hydrogens is 491 g/mol. The summed E-state index contributed by atoms with van der Waals surface area (Å²) in [6, 6.07) is 11.4. The lowest BCUT2D eigenvalue weighted by molar-refractivity contribution is -0.131. The summed E-state index contributed by atoms with van der Waals surface area (Å²) >= 11 is 0. The first kappa shape index (κ1) is 26.8. The zero-order valence-electron chi connectivity index (χ0n) is 21.3. The molecule has 1 atom stereocenters. The predicted octanol–water partition coefficient (Wildman–Crippen LogP) is 2.86. The van der Waals surface area contributed by atoms with E-state index in [-0.39, 0.29) is 30.7 Å². The first-order chi connectivity index (χ1) is 18.3. The van der Waals surface area contributed by atoms with Gasteiger partial charge in [0.25, 0.3) is 0 Å². The van der Waals surface area contributed by atoms with Gasteiger partial charge >= 0.3 is 6.09 Å². The topological polar surface area (TPSA) is 102 Å². The Hall–Kier alpha value is -4.26. The highest BCUT2D eigenvalue weighted by Crippen LogP contribution is 2.28. The molecule has 2 heterocycles. The molecule has 200 valence electrons. The highest BCUT2D eigenvalue weighted by Gasteiger charge is 2.33. The van der Waals surface area contributed by atoms with Gasteiger partial charge in [-0.05, 0) is 42.8 Å². The third kappa shape index (κ3) is 6.94. The monoisotopic (exact) mass is 522 g/mol. The van der Waals surface area contributed by atoms with Gasteiger partial charge in [-0.15, -0.1) is 0 Å². The number of piperazine rings is 1. The number of carbonyl (C=O) groups is 3. The van der Waals surface area contributed by atoms with Crippen LogP contribution in [0.25, 0.3) is 0 Å². The fraction of sp³-hybridized carbons (Fsp3) is 0.393. The SMILES string of the molecule is CC(=O)NC[C@H]1CN(c2ccc(N3CCN(C(=O)CCCC#Cc4cccc(O)c4)CC3)c(F)c2)C(=O)O1. The minimum Gasteiger partial charge on any atom is -0.508 e. The van der Waals surface area contributed by atoms with Crippen molar-refractivity contribution in [2.24, 2.45) is 0 Å². The number of rotatable bonds is 7. The molecule has 0 bridgehead atoms. The third-order valence-corrected chi connectivity index (χ3v) is 6.44. The Labute approximate surface area is 221 Å². The molecule has 2 aliphatic heterocycles. The third-order valence-electron chi connectivity index (χ3n) is 6.44. The first-order valence-corrected chi connectivity index (χ1v) is 12.6. The number of amides is 3. The maximum absolute atomic E-state index is 15.0. The van der Waals surface area contributed by atoms with Gasteiger partial charge < -0.3 is 25.0 Å². The van der Waals surface area contributed by atoms with E-state index in [0.29, 0.717) is 56.8 Å². The number of benzene rings is 2. The fourth-order valence-corrected chi connectivity index (χ4v) is 4.45. The van der Waals surface area contributed by atoms with Gasteiger partial charge in [0.1, 0.15) is 17.7 Å². The van der Waals surface area contributed by atoms with Crippen LogP contribution in [0.4, 0.5) is 20.6 Å². The van der Waals surface area contributed by atoms with E-state index in [1.165, 1.54) is 17.9 Å². The molecule has 2 N–H and O–H groups in total. The van der Waals surface area contributed by atoms with Crippen molar-refractivity contribution in [3.05, 3.63) is 53.8 Å². The first-order valence-electron chi connectivity index (χ1n) is 12.6. The van der Waals surface area contributed by atoms with E-state index in [1.807, 2.05) is 11.0 Å². The molecule has 2 aromatic rings. The van der Waals surface area contributed by atoms with Crippen molar-refractivity contribution in [2.75, 3.05) is 49.1 Å². The van der Waals surface area contributed by atoms with Gasteiger partial charge in [-0.1, -0.05) is 17.9 Å². The van der Waals surface area contributed by atoms with E-state index in [0.717, 1.165) is 5.56 Å². The average Bonchev–Trinajstić information content (AvgIpc) is 3.27. The van der Waals surface area contributed by atoms with Gasteiger partial charge in [0.2, 0.25) is 11.8 Å². The van der Waals surface area contributed by atoms with Crippen molar-refractivity contribution in [3.63, 3.8) is 0 Å². The van der Waals surface area contributed by atoms with Gasteiger partial charge in [0, 0.05) is 51.5 Å². The van der Waals surface area contributed by atoms with Gasteiger partial charge in [-0.25, -0.2) is 9.18 Å². The van der Waals surface area contributed by atoms with Crippen LogP contribution in [0.1, 0.15) is 31.7 Å². The molecule has 2 fully saturated rings. The summed E-state index contributed by atoms with van der Waals surface area (Å²) in [4.78, 5) is 41.0. The van der Waals surface area contributed by atoms with Crippen LogP contribution in [0, 0.1) is 17.7 Å². The average molecular weight is 523 g/mol. The summed E-state index contributed by atoms with van der Waals surface area (Å²) in [5.74, 6) is 5.58. The Morgan fingerprint density at radius 3 is 2.66 bits per heavy atom. The standard InChI is InChI=1S/C28H31FN4O5/c1-20(34)30-18-24-19-33(28(37)38-24)22-10-11-26(25(29)17-22)31-12-14-32(15-13-31)27(36)9-4-2-3-6-21-7-5-8-23(35)16-21/h5,7-8,10-11,16-17,24,35H,2,4,9,12-15,18-19H2,1H3,(H,30,34)/t24-/m0/s1. The molecule has 4 rings (SSSR count). The van der Waals surface area contributed by atoms with Gasteiger partial charge in [-0.3, -0.25) is 14.5 Å². The fourth-order valence-electron chi connectivity index (χ4n) is 4.45. The van der Waals surface area contributed by atoms with Crippen LogP contribution >= 0.6 is 0 Å². The lowest BCUT2D eigenvalue weighted by Crippen LogP contribution is -2.49. The van der Waals surface area contributed by atoms with E-state index in [2.05, 4.69) is 17.2 Å². The molecule has 0 saturated carbocycles. The molecule has 0 aliphatic carbocycles. The van der Waals surface area contributed by atoms with Crippen LogP contribution in [0.2, 0.25) is 0 Å². The molecule has 10 heteroatoms. The van der Waals surface area contributed by atoms with E-state index in [4.69, 9.17) is 4.74 Å². The van der Waals surface area contributed by atoms with E-state index >= 15 is 4.39 Å². The molecule has 3 amide bonds. The number of phenolic OH excluding ortho intramolecular Hbond substituents is 1. The Balaban J connectivity index is 1.23. The normalized spacial score (nSPS) is 17.1. The van der Waals surface area contributed by atoms with Crippen LogP contribution in [0.15, 0.2) is 42.5 Å². The maximum atomic E-state index is 15.0.